The first kappa shape index (κ1) is 19.1. The number of amides is 1. The van der Waals surface area contributed by atoms with Crippen LogP contribution in [0.25, 0.3) is 0 Å². The summed E-state index contributed by atoms with van der Waals surface area (Å²) in [4.78, 5) is 23.6. The van der Waals surface area contributed by atoms with Crippen molar-refractivity contribution in [2.75, 3.05) is 71.0 Å². The van der Waals surface area contributed by atoms with Crippen molar-refractivity contribution in [3.8, 4) is 0 Å². The normalized spacial score (nSPS) is 25.6. The number of ether oxygens (including phenoxy) is 1. The van der Waals surface area contributed by atoms with Crippen LogP contribution in [0.5, 0.6) is 0 Å². The number of guanidine groups is 1. The van der Waals surface area contributed by atoms with Crippen LogP contribution in [0.3, 0.4) is 0 Å². The van der Waals surface area contributed by atoms with Crippen LogP contribution in [0.2, 0.25) is 0 Å². The van der Waals surface area contributed by atoms with Crippen LogP contribution in [0.15, 0.2) is 35.3 Å². The van der Waals surface area contributed by atoms with Gasteiger partial charge in [0.1, 0.15) is 0 Å². The second kappa shape index (κ2) is 8.39. The highest BCUT2D eigenvalue weighted by molar-refractivity contribution is 5.86. The van der Waals surface area contributed by atoms with Crippen molar-refractivity contribution in [3.63, 3.8) is 0 Å². The maximum Gasteiger partial charge on any atom is 0.242 e. The van der Waals surface area contributed by atoms with Crippen molar-refractivity contribution in [1.29, 1.82) is 0 Å². The Morgan fingerprint density at radius 1 is 1.11 bits per heavy atom. The summed E-state index contributed by atoms with van der Waals surface area (Å²) in [6.07, 6.45) is 2.27. The molecule has 3 fully saturated rings. The lowest BCUT2D eigenvalue weighted by atomic mass is 9.87. The number of carbonyl (C=O) groups is 1. The molecule has 7 nitrogen and oxygen atoms in total. The zero-order valence-electron chi connectivity index (χ0n) is 16.8. The number of nitrogens with one attached hydrogen (secondary N) is 1. The van der Waals surface area contributed by atoms with E-state index in [2.05, 4.69) is 44.4 Å². The minimum Gasteiger partial charge on any atom is -0.381 e. The standard InChI is InChI=1S/C21H31N5O2/c1-22-20(26-9-7-21(16-26)8-14-28-17-21)23-15-19(27)25-12-10-24(11-13-25)18-5-3-2-4-6-18/h2-6H,7-17H2,1H3,(H,22,23). The Morgan fingerprint density at radius 2 is 1.89 bits per heavy atom. The lowest BCUT2D eigenvalue weighted by Gasteiger charge is -2.36. The van der Waals surface area contributed by atoms with Gasteiger partial charge in [0.05, 0.1) is 13.2 Å². The van der Waals surface area contributed by atoms with E-state index in [1.54, 1.807) is 7.05 Å². The Balaban J connectivity index is 1.24. The Morgan fingerprint density at radius 3 is 2.57 bits per heavy atom. The van der Waals surface area contributed by atoms with Crippen molar-refractivity contribution in [1.82, 2.24) is 15.1 Å². The summed E-state index contributed by atoms with van der Waals surface area (Å²) < 4.78 is 5.61. The van der Waals surface area contributed by atoms with Gasteiger partial charge in [-0.3, -0.25) is 9.79 Å². The van der Waals surface area contributed by atoms with Gasteiger partial charge in [0.2, 0.25) is 5.91 Å². The SMILES string of the molecule is CN=C(NCC(=O)N1CCN(c2ccccc2)CC1)N1CCC2(CCOC2)C1. The molecule has 3 heterocycles. The Kier molecular flexibility index (Phi) is 5.71. The lowest BCUT2D eigenvalue weighted by molar-refractivity contribution is -0.130. The van der Waals surface area contributed by atoms with Gasteiger partial charge < -0.3 is 24.8 Å². The van der Waals surface area contributed by atoms with Gasteiger partial charge >= 0.3 is 0 Å². The summed E-state index contributed by atoms with van der Waals surface area (Å²) in [6.45, 7) is 7.24. The summed E-state index contributed by atoms with van der Waals surface area (Å²) >= 11 is 0. The summed E-state index contributed by atoms with van der Waals surface area (Å²) in [5.41, 5.74) is 1.52. The van der Waals surface area contributed by atoms with Gasteiger partial charge in [0.15, 0.2) is 5.96 Å². The van der Waals surface area contributed by atoms with E-state index in [1.807, 2.05) is 11.0 Å². The van der Waals surface area contributed by atoms with Gasteiger partial charge in [-0.2, -0.15) is 0 Å². The van der Waals surface area contributed by atoms with Crippen molar-refractivity contribution in [2.45, 2.75) is 12.8 Å². The average molecular weight is 386 g/mol. The van der Waals surface area contributed by atoms with Crippen LogP contribution in [0.4, 0.5) is 5.69 Å². The molecule has 3 aliphatic rings. The fourth-order valence-corrected chi connectivity index (χ4v) is 4.54. The number of para-hydroxylation sites is 1. The second-order valence-electron chi connectivity index (χ2n) is 8.08. The van der Waals surface area contributed by atoms with Gasteiger partial charge in [-0.1, -0.05) is 18.2 Å². The molecular formula is C21H31N5O2. The third-order valence-electron chi connectivity index (χ3n) is 6.29. The van der Waals surface area contributed by atoms with Gasteiger partial charge in [0, 0.05) is 64.0 Å². The largest absolute Gasteiger partial charge is 0.381 e. The zero-order valence-corrected chi connectivity index (χ0v) is 16.8. The predicted molar refractivity (Wildman–Crippen MR) is 111 cm³/mol. The zero-order chi connectivity index (χ0) is 19.4. The van der Waals surface area contributed by atoms with E-state index in [1.165, 1.54) is 5.69 Å². The van der Waals surface area contributed by atoms with Crippen LogP contribution in [-0.4, -0.2) is 87.7 Å². The maximum atomic E-state index is 12.7. The highest BCUT2D eigenvalue weighted by Crippen LogP contribution is 2.38. The van der Waals surface area contributed by atoms with Crippen molar-refractivity contribution < 1.29 is 9.53 Å². The first-order valence-electron chi connectivity index (χ1n) is 10.3. The Hall–Kier alpha value is -2.28. The topological polar surface area (TPSA) is 60.4 Å². The molecule has 0 radical (unpaired) electrons. The number of likely N-dealkylation sites (tertiary alicyclic amines) is 1. The van der Waals surface area contributed by atoms with Gasteiger partial charge in [0.25, 0.3) is 0 Å². The van der Waals surface area contributed by atoms with Crippen LogP contribution in [-0.2, 0) is 9.53 Å². The Bertz CT molecular complexity index is 694. The van der Waals surface area contributed by atoms with E-state index >= 15 is 0 Å². The maximum absolute atomic E-state index is 12.7. The monoisotopic (exact) mass is 385 g/mol. The van der Waals surface area contributed by atoms with Crippen LogP contribution >= 0.6 is 0 Å². The molecule has 7 heteroatoms. The van der Waals surface area contributed by atoms with E-state index in [0.717, 1.165) is 71.3 Å². The van der Waals surface area contributed by atoms with Gasteiger partial charge in [-0.15, -0.1) is 0 Å². The molecule has 1 spiro atoms. The average Bonchev–Trinajstić information content (AvgIpc) is 3.39. The van der Waals surface area contributed by atoms with E-state index in [9.17, 15) is 4.79 Å². The quantitative estimate of drug-likeness (QED) is 0.622. The predicted octanol–water partition coefficient (Wildman–Crippen LogP) is 1.02. The molecule has 0 aromatic heterocycles. The molecule has 1 N–H and O–H groups in total. The smallest absolute Gasteiger partial charge is 0.242 e. The molecule has 1 aromatic rings. The highest BCUT2D eigenvalue weighted by atomic mass is 16.5. The molecule has 0 aliphatic carbocycles. The molecule has 1 amide bonds. The molecule has 0 bridgehead atoms. The van der Waals surface area contributed by atoms with E-state index < -0.39 is 0 Å². The van der Waals surface area contributed by atoms with Gasteiger partial charge in [-0.05, 0) is 25.0 Å². The van der Waals surface area contributed by atoms with Crippen molar-refractivity contribution >= 4 is 17.6 Å². The van der Waals surface area contributed by atoms with E-state index in [0.29, 0.717) is 6.54 Å². The molecule has 4 rings (SSSR count). The fraction of sp³-hybridized carbons (Fsp3) is 0.619. The summed E-state index contributed by atoms with van der Waals surface area (Å²) in [7, 11) is 1.79. The number of benzene rings is 1. The number of aliphatic imine (C=N–C) groups is 1. The molecule has 1 aromatic carbocycles. The minimum absolute atomic E-state index is 0.145. The molecule has 152 valence electrons. The summed E-state index contributed by atoms with van der Waals surface area (Å²) in [6, 6.07) is 10.4. The molecule has 1 unspecified atom stereocenters. The Labute approximate surface area is 167 Å². The molecule has 3 saturated heterocycles. The summed E-state index contributed by atoms with van der Waals surface area (Å²) in [5, 5.41) is 3.29. The highest BCUT2D eigenvalue weighted by Gasteiger charge is 2.42. The number of rotatable bonds is 3. The summed E-state index contributed by atoms with van der Waals surface area (Å²) in [5.74, 6) is 0.979. The fourth-order valence-electron chi connectivity index (χ4n) is 4.54. The molecular weight excluding hydrogens is 354 g/mol. The third kappa shape index (κ3) is 4.09. The molecule has 1 atom stereocenters. The number of hydrogen-bond donors (Lipinski definition) is 1. The van der Waals surface area contributed by atoms with Crippen molar-refractivity contribution in [2.24, 2.45) is 10.4 Å². The minimum atomic E-state index is 0.145. The second-order valence-corrected chi connectivity index (χ2v) is 8.08. The molecule has 28 heavy (non-hydrogen) atoms. The van der Waals surface area contributed by atoms with E-state index in [4.69, 9.17) is 4.74 Å². The van der Waals surface area contributed by atoms with Crippen LogP contribution < -0.4 is 10.2 Å². The van der Waals surface area contributed by atoms with Crippen LogP contribution in [0, 0.1) is 5.41 Å². The molecule has 3 aliphatic heterocycles. The first-order chi connectivity index (χ1) is 13.7. The van der Waals surface area contributed by atoms with Crippen LogP contribution in [0.1, 0.15) is 12.8 Å². The number of hydrogen-bond acceptors (Lipinski definition) is 4. The number of anilines is 1. The van der Waals surface area contributed by atoms with Gasteiger partial charge in [-0.25, -0.2) is 0 Å². The lowest BCUT2D eigenvalue weighted by Crippen LogP contribution is -2.52. The number of carbonyl (C=O) groups excluding carboxylic acids is 1. The number of piperazine rings is 1. The first-order valence-corrected chi connectivity index (χ1v) is 10.3. The number of nitrogens with zero attached hydrogens (tertiary/aromatic N) is 4. The van der Waals surface area contributed by atoms with E-state index in [-0.39, 0.29) is 11.3 Å². The molecule has 0 saturated carbocycles. The van der Waals surface area contributed by atoms with Crippen molar-refractivity contribution in [3.05, 3.63) is 30.3 Å². The third-order valence-corrected chi connectivity index (χ3v) is 6.29.